The first kappa shape index (κ1) is 25.7. The summed E-state index contributed by atoms with van der Waals surface area (Å²) in [7, 11) is -3.52. The van der Waals surface area contributed by atoms with Crippen molar-refractivity contribution in [1.82, 2.24) is 13.9 Å². The highest BCUT2D eigenvalue weighted by Crippen LogP contribution is 2.31. The van der Waals surface area contributed by atoms with Crippen molar-refractivity contribution >= 4 is 48.7 Å². The number of piperidine rings is 1. The van der Waals surface area contributed by atoms with E-state index in [2.05, 4.69) is 39.6 Å². The van der Waals surface area contributed by atoms with E-state index in [1.165, 1.54) is 5.56 Å². The second-order valence-corrected chi connectivity index (χ2v) is 12.6. The van der Waals surface area contributed by atoms with Crippen LogP contribution >= 0.6 is 27.7 Å². The van der Waals surface area contributed by atoms with Crippen LogP contribution in [0.1, 0.15) is 38.7 Å². The minimum Gasteiger partial charge on any atom is -0.382 e. The molecule has 0 bridgehead atoms. The van der Waals surface area contributed by atoms with E-state index in [1.54, 1.807) is 28.2 Å². The Morgan fingerprint density at radius 3 is 2.85 bits per heavy atom. The quantitative estimate of drug-likeness (QED) is 0.225. The van der Waals surface area contributed by atoms with Crippen LogP contribution < -0.4 is 0 Å². The maximum Gasteiger partial charge on any atom is 0.243 e. The van der Waals surface area contributed by atoms with E-state index in [9.17, 15) is 8.42 Å². The van der Waals surface area contributed by atoms with E-state index in [0.717, 1.165) is 52.2 Å². The molecule has 0 spiro atoms. The molecule has 0 saturated carbocycles. The monoisotopic (exact) mass is 565 g/mol. The van der Waals surface area contributed by atoms with E-state index >= 15 is 0 Å². The Labute approximate surface area is 215 Å². The average molecular weight is 567 g/mol. The molecule has 9 heteroatoms. The van der Waals surface area contributed by atoms with Gasteiger partial charge in [0.2, 0.25) is 10.0 Å². The summed E-state index contributed by atoms with van der Waals surface area (Å²) in [5.41, 5.74) is 2.88. The first-order valence-corrected chi connectivity index (χ1v) is 15.1. The maximum atomic E-state index is 13.3. The molecule has 1 aliphatic heterocycles. The number of ether oxygens (including phenoxy) is 1. The first-order valence-electron chi connectivity index (χ1n) is 11.8. The van der Waals surface area contributed by atoms with Gasteiger partial charge in [-0.25, -0.2) is 13.4 Å². The minimum absolute atomic E-state index is 0.330. The Kier molecular flexibility index (Phi) is 8.74. The van der Waals surface area contributed by atoms with Gasteiger partial charge in [-0.2, -0.15) is 4.31 Å². The van der Waals surface area contributed by atoms with Gasteiger partial charge in [0, 0.05) is 43.1 Å². The van der Waals surface area contributed by atoms with Crippen molar-refractivity contribution in [2.75, 3.05) is 26.3 Å². The van der Waals surface area contributed by atoms with Crippen LogP contribution in [0, 0.1) is 5.92 Å². The molecule has 2 aromatic carbocycles. The van der Waals surface area contributed by atoms with Crippen molar-refractivity contribution < 1.29 is 13.2 Å². The summed E-state index contributed by atoms with van der Waals surface area (Å²) in [5.74, 6) is 1.17. The molecule has 0 N–H and O–H groups in total. The third kappa shape index (κ3) is 6.05. The van der Waals surface area contributed by atoms with Gasteiger partial charge in [0.1, 0.15) is 0 Å². The number of benzene rings is 2. The van der Waals surface area contributed by atoms with Crippen LogP contribution in [0.4, 0.5) is 0 Å². The van der Waals surface area contributed by atoms with E-state index in [-0.39, 0.29) is 0 Å². The Hall–Kier alpha value is -1.39. The highest BCUT2D eigenvalue weighted by atomic mass is 79.9. The van der Waals surface area contributed by atoms with Crippen molar-refractivity contribution in [2.24, 2.45) is 5.92 Å². The zero-order chi connectivity index (χ0) is 24.1. The van der Waals surface area contributed by atoms with Crippen molar-refractivity contribution in [3.63, 3.8) is 0 Å². The Morgan fingerprint density at radius 2 is 2.09 bits per heavy atom. The number of imidazole rings is 1. The molecule has 0 amide bonds. The summed E-state index contributed by atoms with van der Waals surface area (Å²) < 4.78 is 37.0. The van der Waals surface area contributed by atoms with Crippen LogP contribution in [-0.2, 0) is 27.1 Å². The Morgan fingerprint density at radius 1 is 1.24 bits per heavy atom. The summed E-state index contributed by atoms with van der Waals surface area (Å²) in [6, 6.07) is 13.6. The maximum absolute atomic E-state index is 13.3. The normalized spacial score (nSPS) is 17.4. The lowest BCUT2D eigenvalue weighted by atomic mass is 10.0. The van der Waals surface area contributed by atoms with E-state index < -0.39 is 10.0 Å². The molecule has 4 rings (SSSR count). The first-order chi connectivity index (χ1) is 16.4. The fourth-order valence-electron chi connectivity index (χ4n) is 4.33. The summed E-state index contributed by atoms with van der Waals surface area (Å²) in [4.78, 5) is 5.20. The molecule has 3 aromatic rings. The van der Waals surface area contributed by atoms with Gasteiger partial charge >= 0.3 is 0 Å². The zero-order valence-electron chi connectivity index (χ0n) is 19.7. The van der Waals surface area contributed by atoms with Crippen LogP contribution in [0.5, 0.6) is 0 Å². The lowest BCUT2D eigenvalue weighted by Crippen LogP contribution is -2.39. The largest absolute Gasteiger partial charge is 0.382 e. The Bertz CT molecular complexity index is 1230. The van der Waals surface area contributed by atoms with E-state index in [0.29, 0.717) is 37.1 Å². The summed E-state index contributed by atoms with van der Waals surface area (Å²) in [5, 5.41) is 0.896. The van der Waals surface area contributed by atoms with Gasteiger partial charge < -0.3 is 9.30 Å². The number of aromatic nitrogens is 2. The molecule has 0 unspecified atom stereocenters. The minimum atomic E-state index is -3.52. The fraction of sp³-hybridized carbons (Fsp3) is 0.480. The van der Waals surface area contributed by atoms with Crippen LogP contribution in [0.3, 0.4) is 0 Å². The number of thioether (sulfide) groups is 1. The predicted octanol–water partition coefficient (Wildman–Crippen LogP) is 5.94. The van der Waals surface area contributed by atoms with Gasteiger partial charge in [0.05, 0.1) is 15.9 Å². The number of nitrogens with zero attached hydrogens (tertiary/aromatic N) is 3. The topological polar surface area (TPSA) is 64.4 Å². The highest BCUT2D eigenvalue weighted by molar-refractivity contribution is 9.10. The molecule has 1 fully saturated rings. The predicted molar refractivity (Wildman–Crippen MR) is 142 cm³/mol. The molecule has 0 radical (unpaired) electrons. The highest BCUT2D eigenvalue weighted by Gasteiger charge is 2.29. The second kappa shape index (κ2) is 11.6. The van der Waals surface area contributed by atoms with Crippen LogP contribution in [0.2, 0.25) is 0 Å². The van der Waals surface area contributed by atoms with Gasteiger partial charge in [-0.3, -0.25) is 0 Å². The molecule has 2 heterocycles. The number of aryl methyl sites for hydroxylation is 1. The third-order valence-corrected chi connectivity index (χ3v) is 9.48. The molecule has 184 valence electrons. The van der Waals surface area contributed by atoms with Gasteiger partial charge in [-0.15, -0.1) is 0 Å². The third-order valence-electron chi connectivity index (χ3n) is 6.07. The molecule has 1 aromatic heterocycles. The smallest absolute Gasteiger partial charge is 0.243 e. The molecular weight excluding hydrogens is 534 g/mol. The van der Waals surface area contributed by atoms with Gasteiger partial charge in [0.15, 0.2) is 5.16 Å². The Balaban J connectivity index is 1.63. The lowest BCUT2D eigenvalue weighted by molar-refractivity contribution is 0.141. The number of fused-ring (bicyclic) bond motifs is 1. The van der Waals surface area contributed by atoms with Crippen molar-refractivity contribution in [1.29, 1.82) is 0 Å². The molecular formula is C25H32BrN3O3S2. The van der Waals surface area contributed by atoms with E-state index in [1.807, 2.05) is 25.1 Å². The van der Waals surface area contributed by atoms with Gasteiger partial charge in [0.25, 0.3) is 0 Å². The molecule has 1 aliphatic rings. The van der Waals surface area contributed by atoms with Gasteiger partial charge in [-0.1, -0.05) is 46.7 Å². The van der Waals surface area contributed by atoms with Crippen LogP contribution in [-0.4, -0.2) is 48.6 Å². The SMILES string of the molecule is CCOCCCn1c(SCc2cccc(Br)c2)nc2cc(S(=O)(=O)N3CCC[C@H](C)C3)ccc21. The summed E-state index contributed by atoms with van der Waals surface area (Å²) in [6.07, 6.45) is 2.86. The van der Waals surface area contributed by atoms with Crippen molar-refractivity contribution in [3.05, 3.63) is 52.5 Å². The van der Waals surface area contributed by atoms with Crippen molar-refractivity contribution in [3.8, 4) is 0 Å². The fourth-order valence-corrected chi connectivity index (χ4v) is 7.38. The number of sulfonamides is 1. The molecule has 1 atom stereocenters. The average Bonchev–Trinajstić information content (AvgIpc) is 3.17. The molecule has 0 aliphatic carbocycles. The zero-order valence-corrected chi connectivity index (χ0v) is 23.0. The summed E-state index contributed by atoms with van der Waals surface area (Å²) in [6.45, 7) is 7.44. The van der Waals surface area contributed by atoms with Gasteiger partial charge in [-0.05, 0) is 68.0 Å². The number of hydrogen-bond acceptors (Lipinski definition) is 5. The second-order valence-electron chi connectivity index (χ2n) is 8.78. The molecule has 34 heavy (non-hydrogen) atoms. The van der Waals surface area contributed by atoms with E-state index in [4.69, 9.17) is 9.72 Å². The summed E-state index contributed by atoms with van der Waals surface area (Å²) >= 11 is 5.21. The number of hydrogen-bond donors (Lipinski definition) is 0. The van der Waals surface area contributed by atoms with Crippen molar-refractivity contribution in [2.45, 2.75) is 55.5 Å². The lowest BCUT2D eigenvalue weighted by Gasteiger charge is -2.30. The van der Waals surface area contributed by atoms with Crippen LogP contribution in [0.15, 0.2) is 57.0 Å². The van der Waals surface area contributed by atoms with Crippen LogP contribution in [0.25, 0.3) is 11.0 Å². The molecule has 6 nitrogen and oxygen atoms in total. The number of halogens is 1. The molecule has 1 saturated heterocycles. The standard InChI is InChI=1S/C25H32BrN3O3S2/c1-3-32-14-6-13-29-24-11-10-22(34(30,31)28-12-5-7-19(2)17-28)16-23(24)27-25(29)33-18-20-8-4-9-21(26)15-20/h4,8-11,15-16,19H,3,5-7,12-14,17-18H2,1-2H3/t19-/m0/s1. The number of rotatable bonds is 10.